The molecule has 0 radical (unpaired) electrons. The van der Waals surface area contributed by atoms with E-state index in [-0.39, 0.29) is 5.91 Å². The van der Waals surface area contributed by atoms with Crippen LogP contribution in [0.1, 0.15) is 23.4 Å². The maximum Gasteiger partial charge on any atom is 0.226 e. The quantitative estimate of drug-likeness (QED) is 0.847. The molecular formula is C19H25N3O2. The van der Waals surface area contributed by atoms with E-state index in [4.69, 9.17) is 4.52 Å². The largest absolute Gasteiger partial charge is 0.371 e. The third-order valence-electron chi connectivity index (χ3n) is 4.87. The summed E-state index contributed by atoms with van der Waals surface area (Å²) in [6, 6.07) is 10.5. The average Bonchev–Trinajstić information content (AvgIpc) is 3.17. The zero-order valence-corrected chi connectivity index (χ0v) is 14.7. The van der Waals surface area contributed by atoms with E-state index < -0.39 is 0 Å². The molecule has 1 aliphatic rings. The number of rotatable bonds is 5. The van der Waals surface area contributed by atoms with E-state index in [0.717, 1.165) is 43.1 Å². The van der Waals surface area contributed by atoms with Gasteiger partial charge in [0.25, 0.3) is 0 Å². The summed E-state index contributed by atoms with van der Waals surface area (Å²) in [6.07, 6.45) is 1.49. The van der Waals surface area contributed by atoms with Gasteiger partial charge in [-0.25, -0.2) is 0 Å². The number of amides is 1. The second-order valence-electron chi connectivity index (χ2n) is 6.69. The normalized spacial score (nSPS) is 17.3. The van der Waals surface area contributed by atoms with E-state index in [2.05, 4.69) is 34.3 Å². The van der Waals surface area contributed by atoms with Gasteiger partial charge in [0, 0.05) is 37.9 Å². The molecule has 1 aromatic carbocycles. The smallest absolute Gasteiger partial charge is 0.226 e. The van der Waals surface area contributed by atoms with Crippen LogP contribution in [-0.4, -0.2) is 42.6 Å². The van der Waals surface area contributed by atoms with Gasteiger partial charge in [-0.1, -0.05) is 23.4 Å². The van der Waals surface area contributed by atoms with Crippen molar-refractivity contribution < 1.29 is 9.32 Å². The highest BCUT2D eigenvalue weighted by molar-refractivity contribution is 5.79. The van der Waals surface area contributed by atoms with Crippen LogP contribution in [0.2, 0.25) is 0 Å². The molecule has 1 amide bonds. The lowest BCUT2D eigenvalue weighted by atomic mass is 10.1. The highest BCUT2D eigenvalue weighted by Crippen LogP contribution is 2.24. The van der Waals surface area contributed by atoms with E-state index in [9.17, 15) is 4.79 Å². The Bertz CT molecular complexity index is 676. The van der Waals surface area contributed by atoms with Crippen molar-refractivity contribution in [1.29, 1.82) is 0 Å². The summed E-state index contributed by atoms with van der Waals surface area (Å²) >= 11 is 0. The SMILES string of the molecule is Cc1noc(C)c1CC(=O)N(C)C[C@H]1CCN(c2ccccc2)C1. The fourth-order valence-corrected chi connectivity index (χ4v) is 3.38. The zero-order chi connectivity index (χ0) is 17.1. The van der Waals surface area contributed by atoms with Crippen LogP contribution < -0.4 is 4.90 Å². The standard InChI is InChI=1S/C19H25N3O2/c1-14-18(15(2)24-20-14)11-19(23)21(3)12-16-9-10-22(13-16)17-7-5-4-6-8-17/h4-8,16H,9-13H2,1-3H3/t16-/m1/s1. The Balaban J connectivity index is 1.54. The molecule has 1 fully saturated rings. The van der Waals surface area contributed by atoms with Crippen molar-refractivity contribution in [3.8, 4) is 0 Å². The van der Waals surface area contributed by atoms with Crippen LogP contribution in [0.3, 0.4) is 0 Å². The molecule has 0 spiro atoms. The van der Waals surface area contributed by atoms with Crippen molar-refractivity contribution in [2.24, 2.45) is 5.92 Å². The number of benzene rings is 1. The highest BCUT2D eigenvalue weighted by Gasteiger charge is 2.25. The number of para-hydroxylation sites is 1. The van der Waals surface area contributed by atoms with Crippen molar-refractivity contribution in [1.82, 2.24) is 10.1 Å². The first-order valence-corrected chi connectivity index (χ1v) is 8.50. The zero-order valence-electron chi connectivity index (χ0n) is 14.7. The Hall–Kier alpha value is -2.30. The first kappa shape index (κ1) is 16.6. The molecule has 0 aliphatic carbocycles. The van der Waals surface area contributed by atoms with Gasteiger partial charge in [-0.15, -0.1) is 0 Å². The molecule has 5 nitrogen and oxygen atoms in total. The van der Waals surface area contributed by atoms with Crippen molar-refractivity contribution in [2.75, 3.05) is 31.6 Å². The van der Waals surface area contributed by atoms with Gasteiger partial charge in [0.15, 0.2) is 0 Å². The summed E-state index contributed by atoms with van der Waals surface area (Å²) < 4.78 is 5.14. The van der Waals surface area contributed by atoms with Gasteiger partial charge in [0.2, 0.25) is 5.91 Å². The minimum atomic E-state index is 0.127. The number of aryl methyl sites for hydroxylation is 2. The van der Waals surface area contributed by atoms with Gasteiger partial charge in [0.05, 0.1) is 12.1 Å². The lowest BCUT2D eigenvalue weighted by Gasteiger charge is -2.22. The Morgan fingerprint density at radius 1 is 1.33 bits per heavy atom. The molecule has 1 atom stereocenters. The number of likely N-dealkylation sites (N-methyl/N-ethyl adjacent to an activating group) is 1. The number of carbonyl (C=O) groups excluding carboxylic acids is 1. The predicted octanol–water partition coefficient (Wildman–Crippen LogP) is 2.82. The molecule has 1 aromatic heterocycles. The van der Waals surface area contributed by atoms with Crippen LogP contribution in [0, 0.1) is 19.8 Å². The number of aromatic nitrogens is 1. The molecule has 0 unspecified atom stereocenters. The highest BCUT2D eigenvalue weighted by atomic mass is 16.5. The number of carbonyl (C=O) groups is 1. The number of hydrogen-bond donors (Lipinski definition) is 0. The molecule has 2 aromatic rings. The number of anilines is 1. The van der Waals surface area contributed by atoms with Crippen LogP contribution in [-0.2, 0) is 11.2 Å². The number of hydrogen-bond acceptors (Lipinski definition) is 4. The average molecular weight is 327 g/mol. The monoisotopic (exact) mass is 327 g/mol. The second kappa shape index (κ2) is 7.07. The molecule has 2 heterocycles. The molecule has 0 bridgehead atoms. The predicted molar refractivity (Wildman–Crippen MR) is 94.1 cm³/mol. The van der Waals surface area contributed by atoms with Crippen LogP contribution in [0.5, 0.6) is 0 Å². The van der Waals surface area contributed by atoms with Crippen molar-refractivity contribution in [3.63, 3.8) is 0 Å². The Labute approximate surface area is 143 Å². The summed E-state index contributed by atoms with van der Waals surface area (Å²) in [4.78, 5) is 16.7. The molecule has 1 saturated heterocycles. The minimum Gasteiger partial charge on any atom is -0.371 e. The third kappa shape index (κ3) is 3.61. The van der Waals surface area contributed by atoms with Crippen LogP contribution in [0.15, 0.2) is 34.9 Å². The summed E-state index contributed by atoms with van der Waals surface area (Å²) in [6.45, 7) is 6.60. The van der Waals surface area contributed by atoms with Gasteiger partial charge >= 0.3 is 0 Å². The first-order valence-electron chi connectivity index (χ1n) is 8.50. The maximum absolute atomic E-state index is 12.5. The molecule has 5 heteroatoms. The van der Waals surface area contributed by atoms with Crippen molar-refractivity contribution >= 4 is 11.6 Å². The van der Waals surface area contributed by atoms with Crippen LogP contribution >= 0.6 is 0 Å². The second-order valence-corrected chi connectivity index (χ2v) is 6.69. The summed E-state index contributed by atoms with van der Waals surface area (Å²) in [5.74, 6) is 1.39. The number of nitrogens with zero attached hydrogens (tertiary/aromatic N) is 3. The minimum absolute atomic E-state index is 0.127. The van der Waals surface area contributed by atoms with Gasteiger partial charge in [-0.05, 0) is 38.3 Å². The maximum atomic E-state index is 12.5. The van der Waals surface area contributed by atoms with E-state index >= 15 is 0 Å². The van der Waals surface area contributed by atoms with E-state index in [1.54, 1.807) is 0 Å². The van der Waals surface area contributed by atoms with Gasteiger partial charge in [-0.2, -0.15) is 0 Å². The van der Waals surface area contributed by atoms with Gasteiger partial charge in [0.1, 0.15) is 5.76 Å². The molecular weight excluding hydrogens is 302 g/mol. The molecule has 128 valence electrons. The fourth-order valence-electron chi connectivity index (χ4n) is 3.38. The summed E-state index contributed by atoms with van der Waals surface area (Å²) in [5, 5.41) is 3.92. The molecule has 24 heavy (non-hydrogen) atoms. The Morgan fingerprint density at radius 3 is 2.75 bits per heavy atom. The topological polar surface area (TPSA) is 49.6 Å². The van der Waals surface area contributed by atoms with E-state index in [1.165, 1.54) is 5.69 Å². The van der Waals surface area contributed by atoms with Crippen LogP contribution in [0.4, 0.5) is 5.69 Å². The third-order valence-corrected chi connectivity index (χ3v) is 4.87. The van der Waals surface area contributed by atoms with Gasteiger partial charge < -0.3 is 14.3 Å². The van der Waals surface area contributed by atoms with Crippen molar-refractivity contribution in [2.45, 2.75) is 26.7 Å². The molecule has 3 rings (SSSR count). The molecule has 1 aliphatic heterocycles. The lowest BCUT2D eigenvalue weighted by molar-refractivity contribution is -0.129. The molecule has 0 N–H and O–H groups in total. The van der Waals surface area contributed by atoms with E-state index in [1.807, 2.05) is 31.9 Å². The summed E-state index contributed by atoms with van der Waals surface area (Å²) in [5.41, 5.74) is 3.00. The van der Waals surface area contributed by atoms with Gasteiger partial charge in [-0.3, -0.25) is 4.79 Å². The lowest BCUT2D eigenvalue weighted by Crippen LogP contribution is -2.34. The van der Waals surface area contributed by atoms with Crippen molar-refractivity contribution in [3.05, 3.63) is 47.3 Å². The Morgan fingerprint density at radius 2 is 2.08 bits per heavy atom. The molecule has 0 saturated carbocycles. The van der Waals surface area contributed by atoms with Crippen LogP contribution in [0.25, 0.3) is 0 Å². The van der Waals surface area contributed by atoms with E-state index in [0.29, 0.717) is 12.3 Å². The first-order chi connectivity index (χ1) is 11.5. The fraction of sp³-hybridized carbons (Fsp3) is 0.474. The Kier molecular flexibility index (Phi) is 4.88. The summed E-state index contributed by atoms with van der Waals surface area (Å²) in [7, 11) is 1.89.